The molecule has 0 saturated heterocycles. The number of rotatable bonds is 2. The highest BCUT2D eigenvalue weighted by atomic mass is 16.2. The molecular formula is C14H12N4O2. The maximum atomic E-state index is 12.3. The fourth-order valence-corrected chi connectivity index (χ4v) is 2.23. The van der Waals surface area contributed by atoms with E-state index in [1.165, 1.54) is 12.4 Å². The maximum Gasteiger partial charge on any atom is 0.268 e. The van der Waals surface area contributed by atoms with Crippen LogP contribution in [0.2, 0.25) is 0 Å². The van der Waals surface area contributed by atoms with Gasteiger partial charge in [0.25, 0.3) is 11.8 Å². The van der Waals surface area contributed by atoms with Crippen LogP contribution in [0.4, 0.5) is 5.69 Å². The number of aromatic nitrogens is 1. The molecule has 20 heavy (non-hydrogen) atoms. The predicted molar refractivity (Wildman–Crippen MR) is 72.4 cm³/mol. The van der Waals surface area contributed by atoms with Gasteiger partial charge in [0.15, 0.2) is 6.04 Å². The molecular weight excluding hydrogens is 256 g/mol. The third kappa shape index (κ3) is 1.92. The lowest BCUT2D eigenvalue weighted by atomic mass is 10.1. The predicted octanol–water partition coefficient (Wildman–Crippen LogP) is 1.09. The van der Waals surface area contributed by atoms with Gasteiger partial charge in [-0.3, -0.25) is 19.6 Å². The Morgan fingerprint density at radius 2 is 1.90 bits per heavy atom. The Morgan fingerprint density at radius 1 is 1.20 bits per heavy atom. The Balaban J connectivity index is 1.93. The summed E-state index contributed by atoms with van der Waals surface area (Å²) < 4.78 is 0. The molecule has 1 aromatic carbocycles. The van der Waals surface area contributed by atoms with E-state index in [9.17, 15) is 9.59 Å². The molecule has 0 spiro atoms. The normalized spacial score (nSPS) is 16.4. The van der Waals surface area contributed by atoms with Gasteiger partial charge < -0.3 is 5.32 Å². The standard InChI is InChI=1S/C14H12N4O2/c15-18(14(20)9-5-7-16-8-6-9)12-10-3-1-2-4-11(10)17-13(12)19/h1-8,12H,15H2,(H,17,19). The van der Waals surface area contributed by atoms with Crippen LogP contribution in [0.25, 0.3) is 0 Å². The molecule has 6 heteroatoms. The fraction of sp³-hybridized carbons (Fsp3) is 0.0714. The van der Waals surface area contributed by atoms with Crippen molar-refractivity contribution in [1.82, 2.24) is 9.99 Å². The largest absolute Gasteiger partial charge is 0.324 e. The van der Waals surface area contributed by atoms with Crippen molar-refractivity contribution in [3.63, 3.8) is 0 Å². The average molecular weight is 268 g/mol. The van der Waals surface area contributed by atoms with E-state index in [0.29, 0.717) is 16.8 Å². The van der Waals surface area contributed by atoms with Crippen LogP contribution in [0.3, 0.4) is 0 Å². The molecule has 3 rings (SSSR count). The summed E-state index contributed by atoms with van der Waals surface area (Å²) in [6.07, 6.45) is 3.01. The zero-order chi connectivity index (χ0) is 14.1. The summed E-state index contributed by atoms with van der Waals surface area (Å²) in [4.78, 5) is 28.1. The van der Waals surface area contributed by atoms with E-state index in [2.05, 4.69) is 10.3 Å². The summed E-state index contributed by atoms with van der Waals surface area (Å²) in [7, 11) is 0. The number of benzene rings is 1. The van der Waals surface area contributed by atoms with E-state index in [1.807, 2.05) is 6.07 Å². The monoisotopic (exact) mass is 268 g/mol. The topological polar surface area (TPSA) is 88.3 Å². The number of hydrogen-bond donors (Lipinski definition) is 2. The Kier molecular flexibility index (Phi) is 2.92. The van der Waals surface area contributed by atoms with E-state index >= 15 is 0 Å². The Hall–Kier alpha value is -2.73. The van der Waals surface area contributed by atoms with Gasteiger partial charge in [-0.15, -0.1) is 0 Å². The first-order valence-electron chi connectivity index (χ1n) is 6.06. The van der Waals surface area contributed by atoms with Gasteiger partial charge in [0.1, 0.15) is 0 Å². The zero-order valence-electron chi connectivity index (χ0n) is 10.5. The highest BCUT2D eigenvalue weighted by Crippen LogP contribution is 2.33. The third-order valence-corrected chi connectivity index (χ3v) is 3.20. The minimum Gasteiger partial charge on any atom is -0.324 e. The second-order valence-corrected chi connectivity index (χ2v) is 4.43. The maximum absolute atomic E-state index is 12.3. The van der Waals surface area contributed by atoms with Crippen LogP contribution in [-0.4, -0.2) is 21.8 Å². The summed E-state index contributed by atoms with van der Waals surface area (Å²) in [5.74, 6) is 5.13. The number of hydrogen-bond acceptors (Lipinski definition) is 4. The Morgan fingerprint density at radius 3 is 2.65 bits per heavy atom. The number of nitrogens with zero attached hydrogens (tertiary/aromatic N) is 2. The van der Waals surface area contributed by atoms with E-state index in [1.54, 1.807) is 30.3 Å². The number of hydrazine groups is 1. The number of amides is 2. The second kappa shape index (κ2) is 4.75. The number of carbonyl (C=O) groups excluding carboxylic acids is 2. The lowest BCUT2D eigenvalue weighted by molar-refractivity contribution is -0.120. The molecule has 6 nitrogen and oxygen atoms in total. The quantitative estimate of drug-likeness (QED) is 0.485. The first kappa shape index (κ1) is 12.3. The number of anilines is 1. The van der Waals surface area contributed by atoms with Crippen LogP contribution in [0.5, 0.6) is 0 Å². The smallest absolute Gasteiger partial charge is 0.268 e. The van der Waals surface area contributed by atoms with Crippen LogP contribution in [0.1, 0.15) is 22.0 Å². The van der Waals surface area contributed by atoms with Gasteiger partial charge in [-0.2, -0.15) is 0 Å². The van der Waals surface area contributed by atoms with Crippen LogP contribution in [0, 0.1) is 0 Å². The molecule has 100 valence electrons. The van der Waals surface area contributed by atoms with Crippen molar-refractivity contribution in [1.29, 1.82) is 0 Å². The minimum atomic E-state index is -0.813. The molecule has 1 unspecified atom stereocenters. The van der Waals surface area contributed by atoms with E-state index in [-0.39, 0.29) is 5.91 Å². The molecule has 1 atom stereocenters. The van der Waals surface area contributed by atoms with E-state index < -0.39 is 11.9 Å². The van der Waals surface area contributed by atoms with Gasteiger partial charge in [-0.05, 0) is 18.2 Å². The average Bonchev–Trinajstić information content (AvgIpc) is 2.82. The molecule has 1 aromatic heterocycles. The van der Waals surface area contributed by atoms with Gasteiger partial charge in [-0.25, -0.2) is 5.84 Å². The molecule has 3 N–H and O–H groups in total. The van der Waals surface area contributed by atoms with Gasteiger partial charge in [-0.1, -0.05) is 18.2 Å². The zero-order valence-corrected chi connectivity index (χ0v) is 10.5. The minimum absolute atomic E-state index is 0.309. The van der Waals surface area contributed by atoms with Gasteiger partial charge >= 0.3 is 0 Å². The number of para-hydroxylation sites is 1. The van der Waals surface area contributed by atoms with E-state index in [0.717, 1.165) is 5.01 Å². The highest BCUT2D eigenvalue weighted by Gasteiger charge is 2.36. The second-order valence-electron chi connectivity index (χ2n) is 4.43. The first-order valence-corrected chi connectivity index (χ1v) is 6.06. The lowest BCUT2D eigenvalue weighted by Crippen LogP contribution is -2.43. The Bertz CT molecular complexity index is 672. The SMILES string of the molecule is NN(C(=O)c1ccncc1)C1C(=O)Nc2ccccc21. The Labute approximate surface area is 115 Å². The molecule has 0 saturated carbocycles. The summed E-state index contributed by atoms with van der Waals surface area (Å²) in [6, 6.07) is 9.47. The van der Waals surface area contributed by atoms with Crippen LogP contribution in [0.15, 0.2) is 48.8 Å². The molecule has 2 aromatic rings. The van der Waals surface area contributed by atoms with E-state index in [4.69, 9.17) is 5.84 Å². The molecule has 0 bridgehead atoms. The third-order valence-electron chi connectivity index (χ3n) is 3.20. The summed E-state index contributed by atoms with van der Waals surface area (Å²) in [5, 5.41) is 3.66. The molecule has 2 amide bonds. The molecule has 1 aliphatic rings. The lowest BCUT2D eigenvalue weighted by Gasteiger charge is -2.22. The molecule has 0 fully saturated rings. The summed E-state index contributed by atoms with van der Waals surface area (Å²) in [6.45, 7) is 0. The summed E-state index contributed by atoms with van der Waals surface area (Å²) in [5.41, 5.74) is 1.77. The summed E-state index contributed by atoms with van der Waals surface area (Å²) >= 11 is 0. The van der Waals surface area contributed by atoms with Crippen LogP contribution in [-0.2, 0) is 4.79 Å². The fourth-order valence-electron chi connectivity index (χ4n) is 2.23. The van der Waals surface area contributed by atoms with Crippen molar-refractivity contribution in [3.05, 3.63) is 59.9 Å². The number of nitrogens with two attached hydrogens (primary N) is 1. The van der Waals surface area contributed by atoms with Gasteiger partial charge in [0.05, 0.1) is 0 Å². The van der Waals surface area contributed by atoms with Crippen LogP contribution < -0.4 is 11.2 Å². The molecule has 0 radical (unpaired) electrons. The van der Waals surface area contributed by atoms with Crippen molar-refractivity contribution in [2.45, 2.75) is 6.04 Å². The first-order chi connectivity index (χ1) is 9.68. The van der Waals surface area contributed by atoms with Crippen molar-refractivity contribution >= 4 is 17.5 Å². The van der Waals surface area contributed by atoms with Crippen molar-refractivity contribution in [2.24, 2.45) is 5.84 Å². The number of fused-ring (bicyclic) bond motifs is 1. The van der Waals surface area contributed by atoms with Crippen molar-refractivity contribution < 1.29 is 9.59 Å². The number of nitrogens with one attached hydrogen (secondary N) is 1. The van der Waals surface area contributed by atoms with Gasteiger partial charge in [0, 0.05) is 29.2 Å². The van der Waals surface area contributed by atoms with Crippen molar-refractivity contribution in [2.75, 3.05) is 5.32 Å². The van der Waals surface area contributed by atoms with Crippen molar-refractivity contribution in [3.8, 4) is 0 Å². The van der Waals surface area contributed by atoms with Crippen LogP contribution >= 0.6 is 0 Å². The number of carbonyl (C=O) groups is 2. The molecule has 0 aliphatic carbocycles. The highest BCUT2D eigenvalue weighted by molar-refractivity contribution is 6.06. The molecule has 2 heterocycles. The number of pyridine rings is 1. The molecule has 1 aliphatic heterocycles. The van der Waals surface area contributed by atoms with Gasteiger partial charge in [0.2, 0.25) is 0 Å².